The number of aryl methyl sites for hydroxylation is 3. The number of rotatable bonds is 4. The number of fused-ring (bicyclic) bond motifs is 1. The van der Waals surface area contributed by atoms with Gasteiger partial charge in [-0.15, -0.1) is 11.3 Å². The van der Waals surface area contributed by atoms with Crippen molar-refractivity contribution < 1.29 is 9.53 Å². The van der Waals surface area contributed by atoms with Gasteiger partial charge in [0.05, 0.1) is 16.3 Å². The van der Waals surface area contributed by atoms with E-state index in [1.54, 1.807) is 11.3 Å². The molecule has 0 saturated carbocycles. The van der Waals surface area contributed by atoms with Gasteiger partial charge in [0, 0.05) is 6.54 Å². The normalized spacial score (nSPS) is 16.9. The highest BCUT2D eigenvalue weighted by atomic mass is 32.1. The number of carbonyl (C=O) groups is 1. The summed E-state index contributed by atoms with van der Waals surface area (Å²) in [5.74, 6) is 0.862. The summed E-state index contributed by atoms with van der Waals surface area (Å²) in [5.41, 5.74) is 4.37. The molecule has 0 bridgehead atoms. The van der Waals surface area contributed by atoms with Gasteiger partial charge in [0.1, 0.15) is 10.8 Å². The van der Waals surface area contributed by atoms with Crippen LogP contribution in [0.15, 0.2) is 36.4 Å². The third-order valence-corrected chi connectivity index (χ3v) is 6.25. The molecule has 1 aliphatic heterocycles. The van der Waals surface area contributed by atoms with Crippen LogP contribution in [0.1, 0.15) is 40.6 Å². The van der Waals surface area contributed by atoms with E-state index >= 15 is 0 Å². The van der Waals surface area contributed by atoms with Gasteiger partial charge in [0.2, 0.25) is 0 Å². The minimum Gasteiger partial charge on any atom is -0.483 e. The largest absolute Gasteiger partial charge is 0.483 e. The second-order valence-corrected chi connectivity index (χ2v) is 8.34. The number of likely N-dealkylation sites (tertiary alicyclic amines) is 1. The Hall–Kier alpha value is -2.40. The standard InChI is InChI=1S/C22H24N2O2S/c1-14-11-15(2)21(16(3)12-14)26-13-20(25)24-10-6-8-18(24)22-23-17-7-4-5-9-19(17)27-22/h4-5,7,9,11-12,18H,6,8,10,13H2,1-3H3. The van der Waals surface area contributed by atoms with E-state index in [2.05, 4.69) is 25.1 Å². The highest BCUT2D eigenvalue weighted by molar-refractivity contribution is 7.18. The zero-order chi connectivity index (χ0) is 19.0. The lowest BCUT2D eigenvalue weighted by Gasteiger charge is -2.23. The number of nitrogens with zero attached hydrogens (tertiary/aromatic N) is 2. The number of thiazole rings is 1. The van der Waals surface area contributed by atoms with Gasteiger partial charge >= 0.3 is 0 Å². The summed E-state index contributed by atoms with van der Waals surface area (Å²) >= 11 is 1.69. The maximum atomic E-state index is 12.9. The minimum absolute atomic E-state index is 0.0381. The van der Waals surface area contributed by atoms with Crippen molar-refractivity contribution >= 4 is 27.5 Å². The molecular weight excluding hydrogens is 356 g/mol. The zero-order valence-electron chi connectivity index (χ0n) is 16.0. The smallest absolute Gasteiger partial charge is 0.261 e. The molecule has 27 heavy (non-hydrogen) atoms. The molecule has 0 aliphatic carbocycles. The third-order valence-electron chi connectivity index (χ3n) is 5.11. The Morgan fingerprint density at radius 3 is 2.70 bits per heavy atom. The summed E-state index contributed by atoms with van der Waals surface area (Å²) in [6.45, 7) is 6.97. The van der Waals surface area contributed by atoms with E-state index in [1.807, 2.05) is 36.9 Å². The Balaban J connectivity index is 1.49. The molecule has 1 unspecified atom stereocenters. The van der Waals surface area contributed by atoms with Crippen LogP contribution < -0.4 is 4.74 Å². The van der Waals surface area contributed by atoms with Crippen molar-refractivity contribution in [3.05, 3.63) is 58.1 Å². The van der Waals surface area contributed by atoms with Crippen LogP contribution in [-0.2, 0) is 4.79 Å². The monoisotopic (exact) mass is 380 g/mol. The first kappa shape index (κ1) is 18.0. The Morgan fingerprint density at radius 2 is 1.96 bits per heavy atom. The molecule has 2 aromatic carbocycles. The van der Waals surface area contributed by atoms with Crippen LogP contribution in [0.2, 0.25) is 0 Å². The van der Waals surface area contributed by atoms with Gasteiger partial charge in [-0.3, -0.25) is 4.79 Å². The Labute approximate surface area is 163 Å². The first-order chi connectivity index (χ1) is 13.0. The fourth-order valence-electron chi connectivity index (χ4n) is 3.97. The van der Waals surface area contributed by atoms with Crippen LogP contribution in [0, 0.1) is 20.8 Å². The lowest BCUT2D eigenvalue weighted by molar-refractivity contribution is -0.134. The SMILES string of the molecule is Cc1cc(C)c(OCC(=O)N2CCCC2c2nc3ccccc3s2)c(C)c1. The molecule has 0 spiro atoms. The number of carbonyl (C=O) groups excluding carboxylic acids is 1. The Bertz CT molecular complexity index is 939. The van der Waals surface area contributed by atoms with Crippen molar-refractivity contribution in [1.82, 2.24) is 9.88 Å². The maximum Gasteiger partial charge on any atom is 0.261 e. The molecule has 1 aliphatic rings. The second-order valence-electron chi connectivity index (χ2n) is 7.28. The summed E-state index contributed by atoms with van der Waals surface area (Å²) in [7, 11) is 0. The molecule has 3 aromatic rings. The average molecular weight is 381 g/mol. The summed E-state index contributed by atoms with van der Waals surface area (Å²) in [4.78, 5) is 19.6. The molecule has 1 atom stereocenters. The summed E-state index contributed by atoms with van der Waals surface area (Å²) in [5, 5.41) is 1.03. The van der Waals surface area contributed by atoms with E-state index in [0.29, 0.717) is 0 Å². The second kappa shape index (κ2) is 7.31. The molecule has 1 saturated heterocycles. The van der Waals surface area contributed by atoms with E-state index < -0.39 is 0 Å². The molecular formula is C22H24N2O2S. The molecule has 2 heterocycles. The number of ether oxygens (including phenoxy) is 1. The van der Waals surface area contributed by atoms with E-state index in [9.17, 15) is 4.79 Å². The van der Waals surface area contributed by atoms with Crippen LogP contribution in [0.5, 0.6) is 5.75 Å². The Morgan fingerprint density at radius 1 is 1.22 bits per heavy atom. The van der Waals surface area contributed by atoms with E-state index in [1.165, 1.54) is 10.3 Å². The van der Waals surface area contributed by atoms with Gasteiger partial charge in [-0.1, -0.05) is 29.8 Å². The predicted octanol–water partition coefficient (Wildman–Crippen LogP) is 4.96. The molecule has 1 fully saturated rings. The fourth-order valence-corrected chi connectivity index (χ4v) is 5.08. The Kier molecular flexibility index (Phi) is 4.87. The summed E-state index contributed by atoms with van der Waals surface area (Å²) in [6.07, 6.45) is 1.98. The van der Waals surface area contributed by atoms with Gasteiger partial charge in [-0.05, 0) is 56.9 Å². The first-order valence-electron chi connectivity index (χ1n) is 9.38. The number of hydrogen-bond donors (Lipinski definition) is 0. The van der Waals surface area contributed by atoms with Crippen molar-refractivity contribution in [1.29, 1.82) is 0 Å². The molecule has 0 radical (unpaired) electrons. The van der Waals surface area contributed by atoms with Gasteiger partial charge in [-0.25, -0.2) is 4.98 Å². The molecule has 4 rings (SSSR count). The number of amides is 1. The number of benzene rings is 2. The van der Waals surface area contributed by atoms with Crippen LogP contribution in [0.25, 0.3) is 10.2 Å². The van der Waals surface area contributed by atoms with E-state index in [0.717, 1.165) is 46.8 Å². The minimum atomic E-state index is 0.0381. The van der Waals surface area contributed by atoms with Crippen molar-refractivity contribution in [3.63, 3.8) is 0 Å². The quantitative estimate of drug-likeness (QED) is 0.642. The van der Waals surface area contributed by atoms with Crippen molar-refractivity contribution in [2.75, 3.05) is 13.2 Å². The van der Waals surface area contributed by atoms with Crippen molar-refractivity contribution in [2.24, 2.45) is 0 Å². The lowest BCUT2D eigenvalue weighted by atomic mass is 10.1. The number of aromatic nitrogens is 1. The van der Waals surface area contributed by atoms with Crippen LogP contribution >= 0.6 is 11.3 Å². The zero-order valence-corrected chi connectivity index (χ0v) is 16.8. The van der Waals surface area contributed by atoms with Crippen LogP contribution in [-0.4, -0.2) is 28.9 Å². The molecule has 4 nitrogen and oxygen atoms in total. The van der Waals surface area contributed by atoms with Gasteiger partial charge < -0.3 is 9.64 Å². The van der Waals surface area contributed by atoms with E-state index in [-0.39, 0.29) is 18.6 Å². The third kappa shape index (κ3) is 3.56. The molecule has 1 amide bonds. The fraction of sp³-hybridized carbons (Fsp3) is 0.364. The van der Waals surface area contributed by atoms with Gasteiger partial charge in [0.25, 0.3) is 5.91 Å². The summed E-state index contributed by atoms with van der Waals surface area (Å²) < 4.78 is 7.11. The van der Waals surface area contributed by atoms with Crippen LogP contribution in [0.4, 0.5) is 0 Å². The maximum absolute atomic E-state index is 12.9. The van der Waals surface area contributed by atoms with Gasteiger partial charge in [0.15, 0.2) is 6.61 Å². The van der Waals surface area contributed by atoms with E-state index in [4.69, 9.17) is 9.72 Å². The number of para-hydroxylation sites is 1. The summed E-state index contributed by atoms with van der Waals surface area (Å²) in [6, 6.07) is 12.4. The van der Waals surface area contributed by atoms with Crippen LogP contribution in [0.3, 0.4) is 0 Å². The molecule has 0 N–H and O–H groups in total. The van der Waals surface area contributed by atoms with Crippen molar-refractivity contribution in [2.45, 2.75) is 39.7 Å². The van der Waals surface area contributed by atoms with Crippen molar-refractivity contribution in [3.8, 4) is 5.75 Å². The highest BCUT2D eigenvalue weighted by Crippen LogP contribution is 2.36. The topological polar surface area (TPSA) is 42.4 Å². The molecule has 1 aromatic heterocycles. The number of hydrogen-bond acceptors (Lipinski definition) is 4. The first-order valence-corrected chi connectivity index (χ1v) is 10.2. The molecule has 5 heteroatoms. The average Bonchev–Trinajstić information content (AvgIpc) is 3.27. The van der Waals surface area contributed by atoms with Gasteiger partial charge in [-0.2, -0.15) is 0 Å². The lowest BCUT2D eigenvalue weighted by Crippen LogP contribution is -2.34. The highest BCUT2D eigenvalue weighted by Gasteiger charge is 2.32. The predicted molar refractivity (Wildman–Crippen MR) is 109 cm³/mol. The molecule has 140 valence electrons.